The number of hydrogen-bond donors (Lipinski definition) is 2. The maximum Gasteiger partial charge on any atom is 0.240 e. The lowest BCUT2D eigenvalue weighted by Gasteiger charge is -2.37. The summed E-state index contributed by atoms with van der Waals surface area (Å²) in [7, 11) is -3.55. The van der Waals surface area contributed by atoms with Gasteiger partial charge in [0.15, 0.2) is 0 Å². The molecule has 0 spiro atoms. The first-order valence-corrected chi connectivity index (χ1v) is 11.7. The average molecular weight is 417 g/mol. The lowest BCUT2D eigenvalue weighted by Crippen LogP contribution is -2.30. The van der Waals surface area contributed by atoms with Gasteiger partial charge in [-0.3, -0.25) is 0 Å². The van der Waals surface area contributed by atoms with Gasteiger partial charge in [-0.2, -0.15) is 0 Å². The lowest BCUT2D eigenvalue weighted by molar-refractivity contribution is 0.425. The Balaban J connectivity index is 1.53. The van der Waals surface area contributed by atoms with E-state index in [0.717, 1.165) is 17.7 Å². The number of fused-ring (bicyclic) bond motifs is 4. The SMILES string of the molecule is C=CCNS(=O)(=O)c1ccc2c(c1)C1C=CCC1C(c1ccc3ccccc3c1)N2. The van der Waals surface area contributed by atoms with Crippen molar-refractivity contribution in [3.05, 3.63) is 96.6 Å². The van der Waals surface area contributed by atoms with Gasteiger partial charge in [0.1, 0.15) is 0 Å². The van der Waals surface area contributed by atoms with E-state index in [-0.39, 0.29) is 18.5 Å². The van der Waals surface area contributed by atoms with E-state index in [1.165, 1.54) is 16.3 Å². The van der Waals surface area contributed by atoms with Crippen molar-refractivity contribution >= 4 is 26.5 Å². The van der Waals surface area contributed by atoms with E-state index < -0.39 is 10.0 Å². The zero-order valence-corrected chi connectivity index (χ0v) is 17.4. The molecule has 5 heteroatoms. The fourth-order valence-electron chi connectivity index (χ4n) is 4.72. The maximum absolute atomic E-state index is 12.6. The molecule has 152 valence electrons. The third-order valence-electron chi connectivity index (χ3n) is 6.19. The van der Waals surface area contributed by atoms with Crippen LogP contribution in [0.25, 0.3) is 10.8 Å². The molecule has 0 bridgehead atoms. The molecule has 3 aromatic carbocycles. The van der Waals surface area contributed by atoms with E-state index >= 15 is 0 Å². The van der Waals surface area contributed by atoms with Crippen molar-refractivity contribution in [2.24, 2.45) is 5.92 Å². The van der Waals surface area contributed by atoms with Crippen molar-refractivity contribution in [3.8, 4) is 0 Å². The number of allylic oxidation sites excluding steroid dienone is 2. The number of hydrogen-bond acceptors (Lipinski definition) is 3. The molecular formula is C25H24N2O2S. The van der Waals surface area contributed by atoms with Gasteiger partial charge in [-0.15, -0.1) is 6.58 Å². The summed E-state index contributed by atoms with van der Waals surface area (Å²) in [5, 5.41) is 6.17. The van der Waals surface area contributed by atoms with E-state index in [1.54, 1.807) is 12.1 Å². The number of nitrogens with one attached hydrogen (secondary N) is 2. The minimum absolute atomic E-state index is 0.184. The van der Waals surface area contributed by atoms with E-state index in [9.17, 15) is 8.42 Å². The van der Waals surface area contributed by atoms with Crippen molar-refractivity contribution < 1.29 is 8.42 Å². The minimum Gasteiger partial charge on any atom is -0.378 e. The van der Waals surface area contributed by atoms with Crippen LogP contribution in [0.15, 0.2) is 90.4 Å². The topological polar surface area (TPSA) is 58.2 Å². The van der Waals surface area contributed by atoms with Crippen LogP contribution in [0, 0.1) is 5.92 Å². The summed E-state index contributed by atoms with van der Waals surface area (Å²) in [6.45, 7) is 3.80. The van der Waals surface area contributed by atoms with Gasteiger partial charge in [0.2, 0.25) is 10.0 Å². The predicted molar refractivity (Wildman–Crippen MR) is 122 cm³/mol. The monoisotopic (exact) mass is 416 g/mol. The van der Waals surface area contributed by atoms with Crippen LogP contribution in [-0.2, 0) is 10.0 Å². The van der Waals surface area contributed by atoms with Crippen LogP contribution in [0.4, 0.5) is 5.69 Å². The van der Waals surface area contributed by atoms with Crippen LogP contribution in [-0.4, -0.2) is 15.0 Å². The molecule has 4 nitrogen and oxygen atoms in total. The first-order chi connectivity index (χ1) is 14.6. The molecule has 0 aromatic heterocycles. The summed E-state index contributed by atoms with van der Waals surface area (Å²) in [5.74, 6) is 0.560. The van der Waals surface area contributed by atoms with Crippen molar-refractivity contribution in [2.75, 3.05) is 11.9 Å². The Morgan fingerprint density at radius 2 is 1.90 bits per heavy atom. The van der Waals surface area contributed by atoms with Crippen molar-refractivity contribution in [1.82, 2.24) is 4.72 Å². The summed E-state index contributed by atoms with van der Waals surface area (Å²) in [5.41, 5.74) is 3.32. The third-order valence-corrected chi connectivity index (χ3v) is 7.62. The van der Waals surface area contributed by atoms with Crippen LogP contribution in [0.3, 0.4) is 0 Å². The van der Waals surface area contributed by atoms with Crippen molar-refractivity contribution in [2.45, 2.75) is 23.3 Å². The molecule has 0 saturated carbocycles. The molecule has 5 rings (SSSR count). The van der Waals surface area contributed by atoms with Crippen molar-refractivity contribution in [3.63, 3.8) is 0 Å². The molecule has 3 unspecified atom stereocenters. The molecule has 2 N–H and O–H groups in total. The Bertz CT molecular complexity index is 1260. The van der Waals surface area contributed by atoms with Gasteiger partial charge in [0.25, 0.3) is 0 Å². The van der Waals surface area contributed by atoms with Crippen LogP contribution in [0.1, 0.15) is 29.5 Å². The van der Waals surface area contributed by atoms with Gasteiger partial charge in [0.05, 0.1) is 10.9 Å². The van der Waals surface area contributed by atoms with Crippen LogP contribution in [0.2, 0.25) is 0 Å². The molecule has 0 fully saturated rings. The van der Waals surface area contributed by atoms with Gasteiger partial charge < -0.3 is 5.32 Å². The molecule has 30 heavy (non-hydrogen) atoms. The van der Waals surface area contributed by atoms with E-state index in [0.29, 0.717) is 10.8 Å². The lowest BCUT2D eigenvalue weighted by atomic mass is 9.77. The third kappa shape index (κ3) is 3.24. The molecule has 3 aromatic rings. The molecule has 1 aliphatic heterocycles. The average Bonchev–Trinajstić information content (AvgIpc) is 3.27. The van der Waals surface area contributed by atoms with Crippen molar-refractivity contribution in [1.29, 1.82) is 0 Å². The second kappa shape index (κ2) is 7.42. The van der Waals surface area contributed by atoms with Crippen LogP contribution < -0.4 is 10.0 Å². The van der Waals surface area contributed by atoms with E-state index in [4.69, 9.17) is 0 Å². The molecule has 1 heterocycles. The highest BCUT2D eigenvalue weighted by Crippen LogP contribution is 2.50. The largest absolute Gasteiger partial charge is 0.378 e. The van der Waals surface area contributed by atoms with Gasteiger partial charge in [0, 0.05) is 18.2 Å². The predicted octanol–water partition coefficient (Wildman–Crippen LogP) is 5.13. The standard InChI is InChI=1S/C25H24N2O2S/c1-2-14-26-30(28,29)20-12-13-24-23(16-20)21-8-5-9-22(21)25(27-24)19-11-10-17-6-3-4-7-18(17)15-19/h2-8,10-13,15-16,21-22,25-27H,1,9,14H2. The fraction of sp³-hybridized carbons (Fsp3) is 0.200. The molecule has 3 atom stereocenters. The molecule has 0 amide bonds. The zero-order chi connectivity index (χ0) is 20.7. The Labute approximate surface area is 177 Å². The van der Waals surface area contributed by atoms with E-state index in [1.807, 2.05) is 12.1 Å². The summed E-state index contributed by atoms with van der Waals surface area (Å²) < 4.78 is 27.7. The van der Waals surface area contributed by atoms with Gasteiger partial charge in [-0.05, 0) is 58.5 Å². The quantitative estimate of drug-likeness (QED) is 0.567. The maximum atomic E-state index is 12.6. The second-order valence-electron chi connectivity index (χ2n) is 7.97. The first kappa shape index (κ1) is 19.1. The Hall–Kier alpha value is -2.89. The Morgan fingerprint density at radius 1 is 1.07 bits per heavy atom. The molecular weight excluding hydrogens is 392 g/mol. The zero-order valence-electron chi connectivity index (χ0n) is 16.6. The number of anilines is 1. The van der Waals surface area contributed by atoms with E-state index in [2.05, 4.69) is 71.2 Å². The summed E-state index contributed by atoms with van der Waals surface area (Å²) in [4.78, 5) is 0.299. The highest BCUT2D eigenvalue weighted by molar-refractivity contribution is 7.89. The van der Waals surface area contributed by atoms with Gasteiger partial charge >= 0.3 is 0 Å². The molecule has 2 aliphatic rings. The number of rotatable bonds is 5. The smallest absolute Gasteiger partial charge is 0.240 e. The summed E-state index contributed by atoms with van der Waals surface area (Å²) in [6.07, 6.45) is 6.96. The molecule has 0 saturated heterocycles. The van der Waals surface area contributed by atoms with Gasteiger partial charge in [-0.1, -0.05) is 54.6 Å². The Morgan fingerprint density at radius 3 is 2.73 bits per heavy atom. The number of sulfonamides is 1. The Kier molecular flexibility index (Phi) is 4.72. The normalized spacial score (nSPS) is 22.3. The summed E-state index contributed by atoms with van der Waals surface area (Å²) >= 11 is 0. The van der Waals surface area contributed by atoms with Gasteiger partial charge in [-0.25, -0.2) is 13.1 Å². The first-order valence-electron chi connectivity index (χ1n) is 10.2. The minimum atomic E-state index is -3.55. The molecule has 0 radical (unpaired) electrons. The summed E-state index contributed by atoms with van der Waals surface area (Å²) in [6, 6.07) is 20.6. The van der Waals surface area contributed by atoms with Crippen LogP contribution >= 0.6 is 0 Å². The number of benzene rings is 3. The second-order valence-corrected chi connectivity index (χ2v) is 9.74. The highest BCUT2D eigenvalue weighted by atomic mass is 32.2. The molecule has 1 aliphatic carbocycles. The fourth-order valence-corrected chi connectivity index (χ4v) is 5.76. The van der Waals surface area contributed by atoms with Crippen LogP contribution in [0.5, 0.6) is 0 Å². The highest BCUT2D eigenvalue weighted by Gasteiger charge is 2.38.